The normalized spacial score (nSPS) is 12.2. The molecule has 0 fully saturated rings. The number of hydrogen-bond donors (Lipinski definition) is 2. The van der Waals surface area contributed by atoms with Crippen LogP contribution < -0.4 is 10.9 Å². The number of benzene rings is 2. The minimum absolute atomic E-state index is 0.0557. The first-order chi connectivity index (χ1) is 15.7. The molecule has 32 heavy (non-hydrogen) atoms. The van der Waals surface area contributed by atoms with E-state index in [9.17, 15) is 9.59 Å². The van der Waals surface area contributed by atoms with Crippen molar-refractivity contribution in [3.05, 3.63) is 99.4 Å². The summed E-state index contributed by atoms with van der Waals surface area (Å²) in [6, 6.07) is 19.6. The summed E-state index contributed by atoms with van der Waals surface area (Å²) in [6.45, 7) is 0.783. The number of hydrogen-bond acceptors (Lipinski definition) is 4. The third-order valence-corrected chi connectivity index (χ3v) is 6.68. The van der Waals surface area contributed by atoms with Gasteiger partial charge in [0.25, 0.3) is 5.56 Å². The summed E-state index contributed by atoms with van der Waals surface area (Å²) in [4.78, 5) is 34.1. The number of rotatable bonds is 7. The molecule has 0 aliphatic rings. The summed E-state index contributed by atoms with van der Waals surface area (Å²) < 4.78 is 1.50. The molecular formula is C25H22N4O2S. The molecule has 5 aromatic rings. The van der Waals surface area contributed by atoms with E-state index < -0.39 is 0 Å². The molecule has 3 aromatic heterocycles. The van der Waals surface area contributed by atoms with E-state index in [1.54, 1.807) is 17.4 Å². The van der Waals surface area contributed by atoms with Crippen LogP contribution in [0.25, 0.3) is 21.8 Å². The van der Waals surface area contributed by atoms with Crippen molar-refractivity contribution in [1.29, 1.82) is 0 Å². The Balaban J connectivity index is 1.29. The Hall–Kier alpha value is -3.71. The van der Waals surface area contributed by atoms with E-state index in [-0.39, 0.29) is 23.8 Å². The molecule has 1 amide bonds. The molecule has 3 heterocycles. The maximum absolute atomic E-state index is 12.6. The second-order valence-electron chi connectivity index (χ2n) is 7.67. The zero-order valence-electron chi connectivity index (χ0n) is 17.3. The standard InChI is InChI=1S/C25H22N4O2S/c30-24(11-12-29-16-28-22-9-4-2-7-18(22)25(29)31)27-15-20(23-10-5-13-32-23)19-14-26-21-8-3-1-6-17(19)21/h1-10,13-14,16,20,26H,11-12,15H2,(H,27,30)/t20-/m0/s1. The van der Waals surface area contributed by atoms with E-state index in [0.29, 0.717) is 24.0 Å². The van der Waals surface area contributed by atoms with Gasteiger partial charge in [-0.2, -0.15) is 0 Å². The van der Waals surface area contributed by atoms with Crippen LogP contribution in [0, 0.1) is 0 Å². The number of thiophene rings is 1. The van der Waals surface area contributed by atoms with Gasteiger partial charge in [0.15, 0.2) is 0 Å². The van der Waals surface area contributed by atoms with E-state index in [2.05, 4.69) is 38.9 Å². The predicted molar refractivity (Wildman–Crippen MR) is 128 cm³/mol. The van der Waals surface area contributed by atoms with Crippen LogP contribution in [0.5, 0.6) is 0 Å². The number of nitrogens with one attached hydrogen (secondary N) is 2. The van der Waals surface area contributed by atoms with Gasteiger partial charge in [-0.25, -0.2) is 4.98 Å². The number of carbonyl (C=O) groups is 1. The summed E-state index contributed by atoms with van der Waals surface area (Å²) in [7, 11) is 0. The number of nitrogens with zero attached hydrogens (tertiary/aromatic N) is 2. The lowest BCUT2D eigenvalue weighted by atomic mass is 9.96. The Labute approximate surface area is 188 Å². The second-order valence-corrected chi connectivity index (χ2v) is 8.65. The Kier molecular flexibility index (Phi) is 5.56. The van der Waals surface area contributed by atoms with Crippen LogP contribution in [0.3, 0.4) is 0 Å². The summed E-state index contributed by atoms with van der Waals surface area (Å²) in [5, 5.41) is 6.85. The van der Waals surface area contributed by atoms with Crippen molar-refractivity contribution in [1.82, 2.24) is 19.9 Å². The average Bonchev–Trinajstić information content (AvgIpc) is 3.50. The van der Waals surface area contributed by atoms with Gasteiger partial charge in [-0.15, -0.1) is 11.3 Å². The summed E-state index contributed by atoms with van der Waals surface area (Å²) in [5.41, 5.74) is 2.78. The fourth-order valence-electron chi connectivity index (χ4n) is 4.03. The SMILES string of the molecule is O=C(CCn1cnc2ccccc2c1=O)NC[C@H](c1cccs1)c1c[nH]c2ccccc12. The van der Waals surface area contributed by atoms with Crippen LogP contribution in [0.15, 0.2) is 83.4 Å². The highest BCUT2D eigenvalue weighted by Crippen LogP contribution is 2.32. The highest BCUT2D eigenvalue weighted by Gasteiger charge is 2.20. The first-order valence-corrected chi connectivity index (χ1v) is 11.4. The lowest BCUT2D eigenvalue weighted by molar-refractivity contribution is -0.121. The van der Waals surface area contributed by atoms with Gasteiger partial charge in [0, 0.05) is 47.4 Å². The van der Waals surface area contributed by atoms with Crippen molar-refractivity contribution in [2.75, 3.05) is 6.54 Å². The molecule has 6 nitrogen and oxygen atoms in total. The van der Waals surface area contributed by atoms with Crippen molar-refractivity contribution in [3.8, 4) is 0 Å². The van der Waals surface area contributed by atoms with Crippen LogP contribution in [0.1, 0.15) is 22.8 Å². The van der Waals surface area contributed by atoms with Gasteiger partial charge >= 0.3 is 0 Å². The third-order valence-electron chi connectivity index (χ3n) is 5.70. The number of amides is 1. The minimum atomic E-state index is -0.126. The predicted octanol–water partition coefficient (Wildman–Crippen LogP) is 4.28. The number of aromatic nitrogens is 3. The minimum Gasteiger partial charge on any atom is -0.361 e. The van der Waals surface area contributed by atoms with Gasteiger partial charge in [0.2, 0.25) is 5.91 Å². The average molecular weight is 443 g/mol. The van der Waals surface area contributed by atoms with E-state index in [1.807, 2.05) is 42.6 Å². The number of aromatic amines is 1. The van der Waals surface area contributed by atoms with Gasteiger partial charge in [0.05, 0.1) is 17.2 Å². The Morgan fingerprint density at radius 2 is 1.88 bits per heavy atom. The molecule has 0 aliphatic heterocycles. The van der Waals surface area contributed by atoms with Crippen molar-refractivity contribution in [2.24, 2.45) is 0 Å². The van der Waals surface area contributed by atoms with E-state index in [4.69, 9.17) is 0 Å². The maximum Gasteiger partial charge on any atom is 0.261 e. The van der Waals surface area contributed by atoms with Crippen molar-refractivity contribution < 1.29 is 4.79 Å². The van der Waals surface area contributed by atoms with E-state index >= 15 is 0 Å². The zero-order chi connectivity index (χ0) is 21.9. The first-order valence-electron chi connectivity index (χ1n) is 10.5. The van der Waals surface area contributed by atoms with Crippen LogP contribution in [0.4, 0.5) is 0 Å². The van der Waals surface area contributed by atoms with Crippen molar-refractivity contribution in [3.63, 3.8) is 0 Å². The molecule has 0 spiro atoms. The van der Waals surface area contributed by atoms with Gasteiger partial charge in [-0.1, -0.05) is 36.4 Å². The van der Waals surface area contributed by atoms with E-state index in [1.165, 1.54) is 21.3 Å². The highest BCUT2D eigenvalue weighted by atomic mass is 32.1. The third kappa shape index (κ3) is 3.94. The molecule has 0 radical (unpaired) electrons. The zero-order valence-corrected chi connectivity index (χ0v) is 18.1. The number of H-pyrrole nitrogens is 1. The smallest absolute Gasteiger partial charge is 0.261 e. The van der Waals surface area contributed by atoms with Crippen LogP contribution in [-0.4, -0.2) is 27.0 Å². The van der Waals surface area contributed by atoms with Gasteiger partial charge < -0.3 is 10.3 Å². The Bertz CT molecular complexity index is 1440. The number of para-hydroxylation sites is 2. The fraction of sp³-hybridized carbons (Fsp3) is 0.160. The van der Waals surface area contributed by atoms with Crippen molar-refractivity contribution in [2.45, 2.75) is 18.9 Å². The van der Waals surface area contributed by atoms with Crippen LogP contribution in [-0.2, 0) is 11.3 Å². The van der Waals surface area contributed by atoms with Gasteiger partial charge in [0.1, 0.15) is 0 Å². The molecule has 160 valence electrons. The number of fused-ring (bicyclic) bond motifs is 2. The lowest BCUT2D eigenvalue weighted by Crippen LogP contribution is -2.30. The molecule has 0 saturated heterocycles. The number of carbonyl (C=O) groups excluding carboxylic acids is 1. The molecule has 1 atom stereocenters. The highest BCUT2D eigenvalue weighted by molar-refractivity contribution is 7.10. The molecule has 0 bridgehead atoms. The quantitative estimate of drug-likeness (QED) is 0.395. The first kappa shape index (κ1) is 20.2. The van der Waals surface area contributed by atoms with Gasteiger partial charge in [-0.05, 0) is 35.2 Å². The molecule has 5 rings (SSSR count). The lowest BCUT2D eigenvalue weighted by Gasteiger charge is -2.16. The molecule has 0 aliphatic carbocycles. The molecule has 0 unspecified atom stereocenters. The molecular weight excluding hydrogens is 420 g/mol. The summed E-state index contributed by atoms with van der Waals surface area (Å²) >= 11 is 1.68. The molecule has 7 heteroatoms. The van der Waals surface area contributed by atoms with Crippen LogP contribution >= 0.6 is 11.3 Å². The summed E-state index contributed by atoms with van der Waals surface area (Å²) in [5.74, 6) is -0.0355. The molecule has 2 N–H and O–H groups in total. The molecule has 0 saturated carbocycles. The molecule has 2 aromatic carbocycles. The Morgan fingerprint density at radius 1 is 1.06 bits per heavy atom. The topological polar surface area (TPSA) is 79.8 Å². The monoisotopic (exact) mass is 442 g/mol. The fourth-order valence-corrected chi connectivity index (χ4v) is 4.87. The summed E-state index contributed by atoms with van der Waals surface area (Å²) in [6.07, 6.45) is 3.75. The van der Waals surface area contributed by atoms with Gasteiger partial charge in [-0.3, -0.25) is 14.2 Å². The Morgan fingerprint density at radius 3 is 2.72 bits per heavy atom. The largest absolute Gasteiger partial charge is 0.361 e. The van der Waals surface area contributed by atoms with E-state index in [0.717, 1.165) is 10.9 Å². The maximum atomic E-state index is 12.6. The van der Waals surface area contributed by atoms with Crippen LogP contribution in [0.2, 0.25) is 0 Å². The van der Waals surface area contributed by atoms with Crippen molar-refractivity contribution >= 4 is 39.0 Å². The second kappa shape index (κ2) is 8.80. The number of aryl methyl sites for hydroxylation is 1.